The molecule has 1 aliphatic heterocycles. The molecule has 3 nitrogen and oxygen atoms in total. The Bertz CT molecular complexity index is 426. The quantitative estimate of drug-likeness (QED) is 0.866. The number of nitrogens with one attached hydrogen (secondary N) is 2. The second-order valence-electron chi connectivity index (χ2n) is 5.78. The molecule has 3 rings (SSSR count). The van der Waals surface area contributed by atoms with Gasteiger partial charge in [0.05, 0.1) is 0 Å². The van der Waals surface area contributed by atoms with E-state index in [2.05, 4.69) is 41.0 Å². The van der Waals surface area contributed by atoms with Crippen LogP contribution in [0.1, 0.15) is 30.7 Å². The lowest BCUT2D eigenvalue weighted by Gasteiger charge is -2.21. The molecule has 1 amide bonds. The van der Waals surface area contributed by atoms with Crippen LogP contribution in [-0.4, -0.2) is 25.5 Å². The summed E-state index contributed by atoms with van der Waals surface area (Å²) in [5, 5.41) is 6.44. The van der Waals surface area contributed by atoms with Crippen LogP contribution < -0.4 is 10.6 Å². The van der Waals surface area contributed by atoms with Crippen molar-refractivity contribution in [3.8, 4) is 0 Å². The highest BCUT2D eigenvalue weighted by Gasteiger charge is 2.38. The molecule has 0 unspecified atom stereocenters. The summed E-state index contributed by atoms with van der Waals surface area (Å²) in [5.74, 6) is 1.80. The highest BCUT2D eigenvalue weighted by atomic mass is 16.1. The molecular formula is C16H22N2O. The van der Waals surface area contributed by atoms with Gasteiger partial charge in [-0.2, -0.15) is 0 Å². The van der Waals surface area contributed by atoms with Gasteiger partial charge in [0.25, 0.3) is 0 Å². The molecule has 2 aliphatic rings. The highest BCUT2D eigenvalue weighted by Crippen LogP contribution is 2.46. The smallest absolute Gasteiger partial charge is 0.223 e. The van der Waals surface area contributed by atoms with Gasteiger partial charge >= 0.3 is 0 Å². The number of benzene rings is 1. The van der Waals surface area contributed by atoms with E-state index >= 15 is 0 Å². The van der Waals surface area contributed by atoms with Crippen molar-refractivity contribution in [2.24, 2.45) is 11.8 Å². The Morgan fingerprint density at radius 1 is 1.21 bits per heavy atom. The Hall–Kier alpha value is -1.35. The van der Waals surface area contributed by atoms with Crippen LogP contribution in [0, 0.1) is 11.8 Å². The van der Waals surface area contributed by atoms with Crippen LogP contribution in [-0.2, 0) is 4.79 Å². The van der Waals surface area contributed by atoms with Gasteiger partial charge in [-0.15, -0.1) is 0 Å². The SMILES string of the molecule is O=C(NC[C@@H]1C[C@@H]1c1ccccc1)C1CCNCC1. The minimum absolute atomic E-state index is 0.232. The molecule has 1 heterocycles. The number of rotatable bonds is 4. The highest BCUT2D eigenvalue weighted by molar-refractivity contribution is 5.78. The van der Waals surface area contributed by atoms with Crippen molar-refractivity contribution in [3.63, 3.8) is 0 Å². The zero-order valence-electron chi connectivity index (χ0n) is 11.3. The Morgan fingerprint density at radius 2 is 1.95 bits per heavy atom. The topological polar surface area (TPSA) is 41.1 Å². The van der Waals surface area contributed by atoms with Crippen LogP contribution in [0.3, 0.4) is 0 Å². The number of hydrogen-bond acceptors (Lipinski definition) is 2. The first-order valence-corrected chi connectivity index (χ1v) is 7.38. The third-order valence-corrected chi connectivity index (χ3v) is 4.40. The molecule has 0 bridgehead atoms. The minimum atomic E-state index is 0.232. The predicted molar refractivity (Wildman–Crippen MR) is 75.9 cm³/mol. The molecule has 1 aromatic carbocycles. The maximum atomic E-state index is 12.0. The second-order valence-corrected chi connectivity index (χ2v) is 5.78. The molecule has 1 aromatic rings. The lowest BCUT2D eigenvalue weighted by molar-refractivity contribution is -0.125. The van der Waals surface area contributed by atoms with Gasteiger partial charge in [0, 0.05) is 12.5 Å². The van der Waals surface area contributed by atoms with Crippen LogP contribution in [0.5, 0.6) is 0 Å². The van der Waals surface area contributed by atoms with Gasteiger partial charge in [-0.1, -0.05) is 30.3 Å². The van der Waals surface area contributed by atoms with Crippen LogP contribution in [0.2, 0.25) is 0 Å². The maximum absolute atomic E-state index is 12.0. The van der Waals surface area contributed by atoms with E-state index in [0.717, 1.165) is 32.5 Å². The average Bonchev–Trinajstić information content (AvgIpc) is 3.26. The summed E-state index contributed by atoms with van der Waals surface area (Å²) in [7, 11) is 0. The maximum Gasteiger partial charge on any atom is 0.223 e. The summed E-state index contributed by atoms with van der Waals surface area (Å²) in [6, 6.07) is 10.6. The molecule has 1 saturated carbocycles. The molecule has 2 atom stereocenters. The number of carbonyl (C=O) groups excluding carboxylic acids is 1. The molecule has 1 saturated heterocycles. The number of hydrogen-bond donors (Lipinski definition) is 2. The van der Waals surface area contributed by atoms with E-state index in [1.807, 2.05) is 0 Å². The van der Waals surface area contributed by atoms with Crippen molar-refractivity contribution in [3.05, 3.63) is 35.9 Å². The Kier molecular flexibility index (Phi) is 3.83. The van der Waals surface area contributed by atoms with Gasteiger partial charge in [-0.05, 0) is 49.8 Å². The van der Waals surface area contributed by atoms with E-state index in [9.17, 15) is 4.79 Å². The molecule has 1 aliphatic carbocycles. The average molecular weight is 258 g/mol. The summed E-state index contributed by atoms with van der Waals surface area (Å²) in [4.78, 5) is 12.0. The van der Waals surface area contributed by atoms with Gasteiger partial charge in [-0.3, -0.25) is 4.79 Å². The first-order chi connectivity index (χ1) is 9.34. The Balaban J connectivity index is 1.43. The van der Waals surface area contributed by atoms with Gasteiger partial charge < -0.3 is 10.6 Å². The molecule has 102 valence electrons. The fraction of sp³-hybridized carbons (Fsp3) is 0.562. The summed E-state index contributed by atoms with van der Waals surface area (Å²) in [6.45, 7) is 2.81. The largest absolute Gasteiger partial charge is 0.356 e. The van der Waals surface area contributed by atoms with E-state index in [1.165, 1.54) is 12.0 Å². The van der Waals surface area contributed by atoms with Crippen molar-refractivity contribution in [1.29, 1.82) is 0 Å². The summed E-state index contributed by atoms with van der Waals surface area (Å²) in [6.07, 6.45) is 3.19. The predicted octanol–water partition coefficient (Wildman–Crippen LogP) is 1.91. The van der Waals surface area contributed by atoms with Gasteiger partial charge in [0.15, 0.2) is 0 Å². The lowest BCUT2D eigenvalue weighted by Crippen LogP contribution is -2.38. The van der Waals surface area contributed by atoms with E-state index < -0.39 is 0 Å². The summed E-state index contributed by atoms with van der Waals surface area (Å²) < 4.78 is 0. The van der Waals surface area contributed by atoms with Gasteiger partial charge in [0.1, 0.15) is 0 Å². The number of amides is 1. The Labute approximate surface area is 114 Å². The first-order valence-electron chi connectivity index (χ1n) is 7.38. The second kappa shape index (κ2) is 5.74. The fourth-order valence-electron chi connectivity index (χ4n) is 3.04. The molecule has 3 heteroatoms. The monoisotopic (exact) mass is 258 g/mol. The molecule has 2 fully saturated rings. The van der Waals surface area contributed by atoms with Gasteiger partial charge in [-0.25, -0.2) is 0 Å². The third kappa shape index (κ3) is 3.16. The van der Waals surface area contributed by atoms with Crippen LogP contribution in [0.25, 0.3) is 0 Å². The standard InChI is InChI=1S/C16H22N2O/c19-16(13-6-8-17-9-7-13)18-11-14-10-15(14)12-4-2-1-3-5-12/h1-5,13-15,17H,6-11H2,(H,18,19)/t14-,15+/m0/s1. The summed E-state index contributed by atoms with van der Waals surface area (Å²) >= 11 is 0. The summed E-state index contributed by atoms with van der Waals surface area (Å²) in [5.41, 5.74) is 1.42. The molecule has 0 radical (unpaired) electrons. The third-order valence-electron chi connectivity index (χ3n) is 4.40. The van der Waals surface area contributed by atoms with Crippen molar-refractivity contribution < 1.29 is 4.79 Å². The van der Waals surface area contributed by atoms with Crippen molar-refractivity contribution in [2.45, 2.75) is 25.2 Å². The van der Waals surface area contributed by atoms with E-state index in [-0.39, 0.29) is 11.8 Å². The van der Waals surface area contributed by atoms with E-state index in [0.29, 0.717) is 11.8 Å². The molecule has 0 aromatic heterocycles. The van der Waals surface area contributed by atoms with Crippen LogP contribution >= 0.6 is 0 Å². The fourth-order valence-corrected chi connectivity index (χ4v) is 3.04. The molecule has 0 spiro atoms. The van der Waals surface area contributed by atoms with Crippen LogP contribution in [0.15, 0.2) is 30.3 Å². The van der Waals surface area contributed by atoms with Crippen molar-refractivity contribution in [1.82, 2.24) is 10.6 Å². The lowest BCUT2D eigenvalue weighted by atomic mass is 9.97. The Morgan fingerprint density at radius 3 is 2.68 bits per heavy atom. The molecule has 19 heavy (non-hydrogen) atoms. The van der Waals surface area contributed by atoms with Crippen molar-refractivity contribution >= 4 is 5.91 Å². The first kappa shape index (κ1) is 12.7. The van der Waals surface area contributed by atoms with Crippen LogP contribution in [0.4, 0.5) is 0 Å². The van der Waals surface area contributed by atoms with E-state index in [4.69, 9.17) is 0 Å². The zero-order chi connectivity index (χ0) is 13.1. The molecular weight excluding hydrogens is 236 g/mol. The van der Waals surface area contributed by atoms with Gasteiger partial charge in [0.2, 0.25) is 5.91 Å². The zero-order valence-corrected chi connectivity index (χ0v) is 11.3. The normalized spacial score (nSPS) is 26.9. The minimum Gasteiger partial charge on any atom is -0.356 e. The number of carbonyl (C=O) groups is 1. The number of piperidine rings is 1. The van der Waals surface area contributed by atoms with E-state index in [1.54, 1.807) is 0 Å². The van der Waals surface area contributed by atoms with Crippen molar-refractivity contribution in [2.75, 3.05) is 19.6 Å². The molecule has 2 N–H and O–H groups in total.